The van der Waals surface area contributed by atoms with Crippen LogP contribution in [0.4, 0.5) is 0 Å². The molecule has 0 rings (SSSR count). The lowest BCUT2D eigenvalue weighted by Crippen LogP contribution is -2.06. The lowest BCUT2D eigenvalue weighted by Gasteiger charge is -1.97. The summed E-state index contributed by atoms with van der Waals surface area (Å²) in [5.74, 6) is -1.46. The second kappa shape index (κ2) is 7.30. The quantitative estimate of drug-likeness (QED) is 0.505. The summed E-state index contributed by atoms with van der Waals surface area (Å²) in [4.78, 5) is 21.6. The topological polar surface area (TPSA) is 54.4 Å². The van der Waals surface area contributed by atoms with Crippen molar-refractivity contribution in [2.75, 3.05) is 0 Å². The predicted molar refractivity (Wildman–Crippen MR) is 55.1 cm³/mol. The smallest absolute Gasteiger partial charge is 0.310 e. The molecular formula is C11H18O3. The van der Waals surface area contributed by atoms with Gasteiger partial charge in [0, 0.05) is 6.42 Å². The van der Waals surface area contributed by atoms with Crippen LogP contribution in [0.5, 0.6) is 0 Å². The third-order valence-electron chi connectivity index (χ3n) is 1.99. The van der Waals surface area contributed by atoms with Crippen molar-refractivity contribution < 1.29 is 14.7 Å². The molecule has 0 aliphatic rings. The Labute approximate surface area is 84.8 Å². The molecule has 1 N–H and O–H groups in total. The minimum absolute atomic E-state index is 0.0200. The van der Waals surface area contributed by atoms with Crippen molar-refractivity contribution in [1.82, 2.24) is 0 Å². The lowest BCUT2D eigenvalue weighted by molar-refractivity contribution is -0.139. The van der Waals surface area contributed by atoms with Crippen molar-refractivity contribution in [3.05, 3.63) is 12.2 Å². The Morgan fingerprint density at radius 2 is 2.00 bits per heavy atom. The van der Waals surface area contributed by atoms with Gasteiger partial charge in [0.05, 0.1) is 5.92 Å². The highest BCUT2D eigenvalue weighted by Gasteiger charge is 2.06. The van der Waals surface area contributed by atoms with Crippen LogP contribution < -0.4 is 0 Å². The summed E-state index contributed by atoms with van der Waals surface area (Å²) < 4.78 is 0. The molecule has 3 heteroatoms. The van der Waals surface area contributed by atoms with Gasteiger partial charge in [-0.2, -0.15) is 0 Å². The number of hydrogen-bond donors (Lipinski definition) is 1. The third-order valence-corrected chi connectivity index (χ3v) is 1.99. The molecule has 1 atom stereocenters. The zero-order valence-corrected chi connectivity index (χ0v) is 8.82. The van der Waals surface area contributed by atoms with Crippen molar-refractivity contribution in [2.45, 2.75) is 39.5 Å². The fourth-order valence-electron chi connectivity index (χ4n) is 0.967. The van der Waals surface area contributed by atoms with E-state index in [0.717, 1.165) is 19.3 Å². The number of ketones is 1. The molecule has 0 bridgehead atoms. The summed E-state index contributed by atoms with van der Waals surface area (Å²) in [7, 11) is 0. The molecule has 3 nitrogen and oxygen atoms in total. The van der Waals surface area contributed by atoms with Crippen LogP contribution >= 0.6 is 0 Å². The molecule has 14 heavy (non-hydrogen) atoms. The van der Waals surface area contributed by atoms with Crippen molar-refractivity contribution in [3.63, 3.8) is 0 Å². The van der Waals surface area contributed by atoms with Gasteiger partial charge in [-0.3, -0.25) is 9.59 Å². The van der Waals surface area contributed by atoms with Crippen molar-refractivity contribution >= 4 is 11.8 Å². The van der Waals surface area contributed by atoms with Gasteiger partial charge in [0.25, 0.3) is 0 Å². The van der Waals surface area contributed by atoms with E-state index in [1.165, 1.54) is 12.2 Å². The van der Waals surface area contributed by atoms with Gasteiger partial charge in [0.1, 0.15) is 0 Å². The van der Waals surface area contributed by atoms with Crippen LogP contribution in [-0.2, 0) is 9.59 Å². The zero-order chi connectivity index (χ0) is 11.0. The molecule has 80 valence electrons. The molecule has 0 radical (unpaired) electrons. The average molecular weight is 198 g/mol. The summed E-state index contributed by atoms with van der Waals surface area (Å²) in [6, 6.07) is 0. The molecule has 0 amide bonds. The monoisotopic (exact) mass is 198 g/mol. The maximum Gasteiger partial charge on any atom is 0.310 e. The maximum atomic E-state index is 11.2. The molecule has 0 aromatic heterocycles. The van der Waals surface area contributed by atoms with E-state index in [1.807, 2.05) is 0 Å². The summed E-state index contributed by atoms with van der Waals surface area (Å²) in [6.07, 6.45) is 6.37. The number of rotatable bonds is 7. The number of hydrogen-bond acceptors (Lipinski definition) is 2. The average Bonchev–Trinajstić information content (AvgIpc) is 2.14. The number of carboxylic acid groups (broad SMARTS) is 1. The fourth-order valence-corrected chi connectivity index (χ4v) is 0.967. The van der Waals surface area contributed by atoms with Crippen LogP contribution in [0.2, 0.25) is 0 Å². The van der Waals surface area contributed by atoms with Gasteiger partial charge < -0.3 is 5.11 Å². The molecule has 0 aliphatic carbocycles. The number of aliphatic carboxylic acids is 1. The first-order valence-electron chi connectivity index (χ1n) is 5.01. The number of allylic oxidation sites excluding steroid dienone is 1. The van der Waals surface area contributed by atoms with Crippen LogP contribution in [-0.4, -0.2) is 16.9 Å². The molecule has 1 unspecified atom stereocenters. The standard InChI is InChI=1S/C11H18O3/c1-3-4-5-6-10(12)8-7-9(2)11(13)14/h7-9H,3-6H2,1-2H3,(H,13,14). The van der Waals surface area contributed by atoms with Crippen LogP contribution in [0.15, 0.2) is 12.2 Å². The van der Waals surface area contributed by atoms with Crippen LogP contribution in [0.3, 0.4) is 0 Å². The first-order valence-corrected chi connectivity index (χ1v) is 5.01. The highest BCUT2D eigenvalue weighted by atomic mass is 16.4. The highest BCUT2D eigenvalue weighted by Crippen LogP contribution is 2.02. The number of unbranched alkanes of at least 4 members (excludes halogenated alkanes) is 2. The summed E-state index contributed by atoms with van der Waals surface area (Å²) >= 11 is 0. The predicted octanol–water partition coefficient (Wildman–Crippen LogP) is 2.41. The van der Waals surface area contributed by atoms with Crippen LogP contribution in [0.1, 0.15) is 39.5 Å². The number of carboxylic acids is 1. The molecule has 0 spiro atoms. The van der Waals surface area contributed by atoms with E-state index in [1.54, 1.807) is 6.92 Å². The number of carbonyl (C=O) groups is 2. The first-order chi connectivity index (χ1) is 6.57. The lowest BCUT2D eigenvalue weighted by atomic mass is 10.1. The Balaban J connectivity index is 3.76. The highest BCUT2D eigenvalue weighted by molar-refractivity contribution is 5.90. The minimum Gasteiger partial charge on any atom is -0.481 e. The Bertz CT molecular complexity index is 219. The second-order valence-corrected chi connectivity index (χ2v) is 3.41. The summed E-state index contributed by atoms with van der Waals surface area (Å²) in [6.45, 7) is 3.63. The Morgan fingerprint density at radius 3 is 2.50 bits per heavy atom. The molecule has 0 aromatic carbocycles. The maximum absolute atomic E-state index is 11.2. The van der Waals surface area contributed by atoms with E-state index < -0.39 is 11.9 Å². The second-order valence-electron chi connectivity index (χ2n) is 3.41. The van der Waals surface area contributed by atoms with Crippen molar-refractivity contribution in [3.8, 4) is 0 Å². The Morgan fingerprint density at radius 1 is 1.36 bits per heavy atom. The molecule has 0 saturated heterocycles. The van der Waals surface area contributed by atoms with Gasteiger partial charge in [-0.05, 0) is 19.4 Å². The van der Waals surface area contributed by atoms with E-state index in [2.05, 4.69) is 6.92 Å². The van der Waals surface area contributed by atoms with Crippen LogP contribution in [0, 0.1) is 5.92 Å². The molecule has 0 saturated carbocycles. The fraction of sp³-hybridized carbons (Fsp3) is 0.636. The van der Waals surface area contributed by atoms with Gasteiger partial charge in [0.15, 0.2) is 5.78 Å². The largest absolute Gasteiger partial charge is 0.481 e. The molecular weight excluding hydrogens is 180 g/mol. The van der Waals surface area contributed by atoms with E-state index in [9.17, 15) is 9.59 Å². The summed E-state index contributed by atoms with van der Waals surface area (Å²) in [5.41, 5.74) is 0. The normalized spacial score (nSPS) is 13.0. The Hall–Kier alpha value is -1.12. The molecule has 0 fully saturated rings. The van der Waals surface area contributed by atoms with Gasteiger partial charge >= 0.3 is 5.97 Å². The molecule has 0 aliphatic heterocycles. The zero-order valence-electron chi connectivity index (χ0n) is 8.82. The van der Waals surface area contributed by atoms with Gasteiger partial charge in [0.2, 0.25) is 0 Å². The van der Waals surface area contributed by atoms with Crippen molar-refractivity contribution in [2.24, 2.45) is 5.92 Å². The summed E-state index contributed by atoms with van der Waals surface area (Å²) in [5, 5.41) is 8.55. The van der Waals surface area contributed by atoms with Gasteiger partial charge in [-0.1, -0.05) is 25.8 Å². The SMILES string of the molecule is CCCCCC(=O)C=CC(C)C(=O)O. The molecule has 0 heterocycles. The number of carbonyl (C=O) groups excluding carboxylic acids is 1. The Kier molecular flexibility index (Phi) is 6.72. The van der Waals surface area contributed by atoms with E-state index in [4.69, 9.17) is 5.11 Å². The third kappa shape index (κ3) is 6.40. The molecule has 0 aromatic rings. The van der Waals surface area contributed by atoms with E-state index in [-0.39, 0.29) is 5.78 Å². The van der Waals surface area contributed by atoms with E-state index >= 15 is 0 Å². The van der Waals surface area contributed by atoms with Crippen LogP contribution in [0.25, 0.3) is 0 Å². The van der Waals surface area contributed by atoms with E-state index in [0.29, 0.717) is 6.42 Å². The van der Waals surface area contributed by atoms with Crippen molar-refractivity contribution in [1.29, 1.82) is 0 Å². The van der Waals surface area contributed by atoms with Gasteiger partial charge in [-0.25, -0.2) is 0 Å². The minimum atomic E-state index is -0.900. The van der Waals surface area contributed by atoms with Gasteiger partial charge in [-0.15, -0.1) is 0 Å². The first kappa shape index (κ1) is 12.9.